The summed E-state index contributed by atoms with van der Waals surface area (Å²) in [5, 5.41) is 5.37. The van der Waals surface area contributed by atoms with Crippen molar-refractivity contribution < 1.29 is 4.79 Å². The van der Waals surface area contributed by atoms with Crippen molar-refractivity contribution in [3.8, 4) is 11.3 Å². The highest BCUT2D eigenvalue weighted by Gasteiger charge is 2.14. The molecule has 1 aromatic carbocycles. The van der Waals surface area contributed by atoms with Gasteiger partial charge in [-0.2, -0.15) is 4.99 Å². The molecule has 1 aromatic heterocycles. The molecule has 0 saturated heterocycles. The molecule has 1 aliphatic heterocycles. The molecule has 8 heteroatoms. The molecule has 2 aromatic rings. The Morgan fingerprint density at radius 3 is 2.91 bits per heavy atom. The minimum Gasteiger partial charge on any atom is -0.370 e. The number of fused-ring (bicyclic) bond motifs is 1. The van der Waals surface area contributed by atoms with Crippen LogP contribution in [-0.4, -0.2) is 16.9 Å². The highest BCUT2D eigenvalue weighted by molar-refractivity contribution is 7.13. The molecule has 0 unspecified atom stereocenters. The van der Waals surface area contributed by atoms with Gasteiger partial charge in [0.15, 0.2) is 5.96 Å². The number of aryl methyl sites for hydroxylation is 1. The van der Waals surface area contributed by atoms with E-state index in [1.807, 2.05) is 17.5 Å². The molecule has 0 atom stereocenters. The summed E-state index contributed by atoms with van der Waals surface area (Å²) in [5.74, 6) is 0.0748. The Bertz CT molecular complexity index is 724. The lowest BCUT2D eigenvalue weighted by Crippen LogP contribution is -2.21. The fourth-order valence-corrected chi connectivity index (χ4v) is 3.01. The molecule has 0 fully saturated rings. The fourth-order valence-electron chi connectivity index (χ4n) is 2.29. The number of carbonyl (C=O) groups is 1. The highest BCUT2D eigenvalue weighted by atomic mass is 35.5. The van der Waals surface area contributed by atoms with Crippen LogP contribution in [0.5, 0.6) is 0 Å². The van der Waals surface area contributed by atoms with Gasteiger partial charge in [-0.25, -0.2) is 4.98 Å². The van der Waals surface area contributed by atoms with Gasteiger partial charge in [-0.3, -0.25) is 4.79 Å². The van der Waals surface area contributed by atoms with Crippen LogP contribution in [0, 0.1) is 0 Å². The van der Waals surface area contributed by atoms with Crippen LogP contribution < -0.4 is 16.8 Å². The standard InChI is InChI=1S/C14H15N5OS.ClH/c15-13(16)19-14-18-11(7-21-14)9-4-5-10-8(6-9)2-1-3-12(20)17-10;/h4-7H,1-3H2,(H,17,20)(H4,15,16,18,19);1H. The number of halogens is 1. The SMILES string of the molecule is Cl.NC(N)=Nc1nc(-c2ccc3c(c2)CCCC(=O)N3)cs1. The Labute approximate surface area is 138 Å². The zero-order valence-corrected chi connectivity index (χ0v) is 13.3. The van der Waals surface area contributed by atoms with Gasteiger partial charge in [-0.1, -0.05) is 6.07 Å². The number of hydrogen-bond acceptors (Lipinski definition) is 4. The number of anilines is 1. The Morgan fingerprint density at radius 2 is 2.14 bits per heavy atom. The van der Waals surface area contributed by atoms with E-state index in [2.05, 4.69) is 21.4 Å². The highest BCUT2D eigenvalue weighted by Crippen LogP contribution is 2.31. The maximum atomic E-state index is 11.5. The summed E-state index contributed by atoms with van der Waals surface area (Å²) in [5.41, 5.74) is 14.6. The number of rotatable bonds is 2. The summed E-state index contributed by atoms with van der Waals surface area (Å²) in [6, 6.07) is 5.93. The predicted molar refractivity (Wildman–Crippen MR) is 91.8 cm³/mol. The molecule has 2 heterocycles. The minimum atomic E-state index is 0. The monoisotopic (exact) mass is 337 g/mol. The first kappa shape index (κ1) is 16.3. The van der Waals surface area contributed by atoms with Gasteiger partial charge in [-0.05, 0) is 30.5 Å². The molecule has 0 aliphatic carbocycles. The molecule has 22 heavy (non-hydrogen) atoms. The van der Waals surface area contributed by atoms with Crippen LogP contribution in [-0.2, 0) is 11.2 Å². The average Bonchev–Trinajstić information content (AvgIpc) is 2.79. The van der Waals surface area contributed by atoms with Gasteiger partial charge in [0.1, 0.15) is 0 Å². The number of aromatic nitrogens is 1. The number of aliphatic imine (C=N–C) groups is 1. The third kappa shape index (κ3) is 3.55. The van der Waals surface area contributed by atoms with Gasteiger partial charge in [0.2, 0.25) is 11.0 Å². The maximum Gasteiger partial charge on any atom is 0.224 e. The molecular weight excluding hydrogens is 322 g/mol. The minimum absolute atomic E-state index is 0. The lowest BCUT2D eigenvalue weighted by molar-refractivity contribution is -0.116. The van der Waals surface area contributed by atoms with E-state index < -0.39 is 0 Å². The summed E-state index contributed by atoms with van der Waals surface area (Å²) < 4.78 is 0. The number of nitrogens with zero attached hydrogens (tertiary/aromatic N) is 2. The van der Waals surface area contributed by atoms with Crippen molar-refractivity contribution in [1.82, 2.24) is 4.98 Å². The molecule has 0 bridgehead atoms. The third-order valence-corrected chi connectivity index (χ3v) is 3.98. The van der Waals surface area contributed by atoms with E-state index in [1.54, 1.807) is 0 Å². The van der Waals surface area contributed by atoms with Crippen molar-refractivity contribution in [2.75, 3.05) is 5.32 Å². The van der Waals surface area contributed by atoms with Crippen LogP contribution in [0.25, 0.3) is 11.3 Å². The van der Waals surface area contributed by atoms with E-state index in [9.17, 15) is 4.79 Å². The largest absolute Gasteiger partial charge is 0.370 e. The van der Waals surface area contributed by atoms with Crippen LogP contribution in [0.1, 0.15) is 18.4 Å². The molecule has 6 nitrogen and oxygen atoms in total. The zero-order chi connectivity index (χ0) is 14.8. The number of thiazole rings is 1. The summed E-state index contributed by atoms with van der Waals surface area (Å²) >= 11 is 1.39. The van der Waals surface area contributed by atoms with E-state index in [1.165, 1.54) is 11.3 Å². The van der Waals surface area contributed by atoms with Crippen LogP contribution in [0.15, 0.2) is 28.6 Å². The molecule has 0 saturated carbocycles. The van der Waals surface area contributed by atoms with Gasteiger partial charge in [0, 0.05) is 23.1 Å². The lowest BCUT2D eigenvalue weighted by Gasteiger charge is -2.08. The van der Waals surface area contributed by atoms with Crippen molar-refractivity contribution in [1.29, 1.82) is 0 Å². The maximum absolute atomic E-state index is 11.5. The first-order valence-electron chi connectivity index (χ1n) is 6.60. The molecule has 3 rings (SSSR count). The Balaban J connectivity index is 0.00000176. The number of hydrogen-bond donors (Lipinski definition) is 3. The summed E-state index contributed by atoms with van der Waals surface area (Å²) in [6.07, 6.45) is 2.31. The average molecular weight is 338 g/mol. The van der Waals surface area contributed by atoms with Gasteiger partial charge in [-0.15, -0.1) is 23.7 Å². The first-order valence-corrected chi connectivity index (χ1v) is 7.48. The summed E-state index contributed by atoms with van der Waals surface area (Å²) in [7, 11) is 0. The van der Waals surface area contributed by atoms with Crippen molar-refractivity contribution in [2.24, 2.45) is 16.5 Å². The van der Waals surface area contributed by atoms with Crippen LogP contribution in [0.2, 0.25) is 0 Å². The van der Waals surface area contributed by atoms with Crippen LogP contribution >= 0.6 is 23.7 Å². The normalized spacial score (nSPS) is 13.4. The number of benzene rings is 1. The molecule has 116 valence electrons. The van der Waals surface area contributed by atoms with E-state index >= 15 is 0 Å². The molecule has 1 aliphatic rings. The molecule has 0 spiro atoms. The summed E-state index contributed by atoms with van der Waals surface area (Å²) in [6.45, 7) is 0. The third-order valence-electron chi connectivity index (χ3n) is 3.24. The quantitative estimate of drug-likeness (QED) is 0.577. The zero-order valence-electron chi connectivity index (χ0n) is 11.7. The summed E-state index contributed by atoms with van der Waals surface area (Å²) in [4.78, 5) is 19.9. The Kier molecular flexibility index (Phi) is 4.99. The van der Waals surface area contributed by atoms with E-state index in [0.717, 1.165) is 35.3 Å². The van der Waals surface area contributed by atoms with Gasteiger partial charge in [0.25, 0.3) is 0 Å². The number of amides is 1. The van der Waals surface area contributed by atoms with E-state index in [4.69, 9.17) is 11.5 Å². The smallest absolute Gasteiger partial charge is 0.224 e. The van der Waals surface area contributed by atoms with Gasteiger partial charge >= 0.3 is 0 Å². The lowest BCUT2D eigenvalue weighted by atomic mass is 10.0. The van der Waals surface area contributed by atoms with Gasteiger partial charge < -0.3 is 16.8 Å². The second-order valence-corrected chi connectivity index (χ2v) is 5.66. The van der Waals surface area contributed by atoms with E-state index in [-0.39, 0.29) is 24.3 Å². The Hall–Kier alpha value is -2.12. The van der Waals surface area contributed by atoms with Crippen molar-refractivity contribution in [3.63, 3.8) is 0 Å². The van der Waals surface area contributed by atoms with Crippen molar-refractivity contribution >= 4 is 46.4 Å². The molecule has 5 N–H and O–H groups in total. The second-order valence-electron chi connectivity index (χ2n) is 4.83. The molecule has 1 amide bonds. The number of nitrogens with two attached hydrogens (primary N) is 2. The van der Waals surface area contributed by atoms with Crippen molar-refractivity contribution in [3.05, 3.63) is 29.1 Å². The molecule has 0 radical (unpaired) electrons. The van der Waals surface area contributed by atoms with Crippen LogP contribution in [0.3, 0.4) is 0 Å². The second kappa shape index (κ2) is 6.76. The Morgan fingerprint density at radius 1 is 1.32 bits per heavy atom. The topological polar surface area (TPSA) is 106 Å². The predicted octanol–water partition coefficient (Wildman–Crippen LogP) is 2.41. The van der Waals surface area contributed by atoms with Gasteiger partial charge in [0.05, 0.1) is 5.69 Å². The van der Waals surface area contributed by atoms with E-state index in [0.29, 0.717) is 11.6 Å². The fraction of sp³-hybridized carbons (Fsp3) is 0.214. The van der Waals surface area contributed by atoms with Crippen molar-refractivity contribution in [2.45, 2.75) is 19.3 Å². The molecular formula is C14H16ClN5OS. The van der Waals surface area contributed by atoms with Crippen LogP contribution in [0.4, 0.5) is 10.8 Å². The number of carbonyl (C=O) groups excluding carboxylic acids is 1. The number of nitrogens with one attached hydrogen (secondary N) is 1. The first-order chi connectivity index (χ1) is 10.1. The number of guanidine groups is 1.